The minimum absolute atomic E-state index is 0. The van der Waals surface area contributed by atoms with Crippen LogP contribution in [0.1, 0.15) is 31.9 Å². The molecule has 0 fully saturated rings. The molecule has 1 aromatic carbocycles. The van der Waals surface area contributed by atoms with Crippen LogP contribution in [0.3, 0.4) is 0 Å². The van der Waals surface area contributed by atoms with Gasteiger partial charge in [0.15, 0.2) is 0 Å². The molecule has 0 saturated heterocycles. The standard InChI is InChI=1S/C15H23FN2O2.ClH/c1-10(9-17-3)15(20)18-11(2)8-14(19)12-4-6-13(16)7-5-12;/h4-7,10-11,14,17,19H,8-9H2,1-3H3,(H,18,20);1H. The highest BCUT2D eigenvalue weighted by Crippen LogP contribution is 2.18. The van der Waals surface area contributed by atoms with Gasteiger partial charge in [0, 0.05) is 18.5 Å². The molecule has 0 aromatic heterocycles. The van der Waals surface area contributed by atoms with Crippen LogP contribution in [-0.2, 0) is 4.79 Å². The molecule has 0 radical (unpaired) electrons. The van der Waals surface area contributed by atoms with Gasteiger partial charge in [-0.3, -0.25) is 4.79 Å². The van der Waals surface area contributed by atoms with E-state index in [0.29, 0.717) is 18.5 Å². The van der Waals surface area contributed by atoms with E-state index < -0.39 is 6.10 Å². The number of carbonyl (C=O) groups excluding carboxylic acids is 1. The number of rotatable bonds is 7. The maximum absolute atomic E-state index is 12.8. The Morgan fingerprint density at radius 2 is 1.86 bits per heavy atom. The number of aliphatic hydroxyl groups is 1. The van der Waals surface area contributed by atoms with Crippen molar-refractivity contribution < 1.29 is 14.3 Å². The predicted molar refractivity (Wildman–Crippen MR) is 83.9 cm³/mol. The first-order valence-corrected chi connectivity index (χ1v) is 6.82. The van der Waals surface area contributed by atoms with Gasteiger partial charge in [0.2, 0.25) is 5.91 Å². The maximum atomic E-state index is 12.8. The third kappa shape index (κ3) is 6.89. The van der Waals surface area contributed by atoms with Crippen molar-refractivity contribution in [1.29, 1.82) is 0 Å². The molecule has 4 nitrogen and oxygen atoms in total. The molecule has 0 aliphatic rings. The van der Waals surface area contributed by atoms with Crippen LogP contribution >= 0.6 is 12.4 Å². The van der Waals surface area contributed by atoms with Crippen molar-refractivity contribution in [3.63, 3.8) is 0 Å². The smallest absolute Gasteiger partial charge is 0.224 e. The Kier molecular flexibility index (Phi) is 9.17. The fourth-order valence-corrected chi connectivity index (χ4v) is 2.00. The highest BCUT2D eigenvalue weighted by Gasteiger charge is 2.17. The number of halogens is 2. The molecule has 0 aliphatic carbocycles. The number of benzene rings is 1. The molecule has 3 atom stereocenters. The van der Waals surface area contributed by atoms with E-state index in [1.54, 1.807) is 19.2 Å². The Morgan fingerprint density at radius 3 is 2.38 bits per heavy atom. The topological polar surface area (TPSA) is 61.4 Å². The molecule has 120 valence electrons. The van der Waals surface area contributed by atoms with Crippen LogP contribution in [0.25, 0.3) is 0 Å². The second kappa shape index (κ2) is 9.71. The molecule has 0 spiro atoms. The average Bonchev–Trinajstić information content (AvgIpc) is 2.39. The first-order chi connectivity index (χ1) is 9.43. The van der Waals surface area contributed by atoms with Gasteiger partial charge in [-0.15, -0.1) is 12.4 Å². The molecule has 0 saturated carbocycles. The molecule has 6 heteroatoms. The summed E-state index contributed by atoms with van der Waals surface area (Å²) in [7, 11) is 1.80. The van der Waals surface area contributed by atoms with Gasteiger partial charge in [-0.05, 0) is 38.1 Å². The van der Waals surface area contributed by atoms with Gasteiger partial charge >= 0.3 is 0 Å². The number of hydrogen-bond donors (Lipinski definition) is 3. The summed E-state index contributed by atoms with van der Waals surface area (Å²) in [4.78, 5) is 11.8. The highest BCUT2D eigenvalue weighted by atomic mass is 35.5. The molecule has 3 unspecified atom stereocenters. The van der Waals surface area contributed by atoms with Gasteiger partial charge in [0.1, 0.15) is 5.82 Å². The molecule has 1 aromatic rings. The van der Waals surface area contributed by atoms with Crippen LogP contribution in [0, 0.1) is 11.7 Å². The summed E-state index contributed by atoms with van der Waals surface area (Å²) >= 11 is 0. The number of amides is 1. The summed E-state index contributed by atoms with van der Waals surface area (Å²) in [6, 6.07) is 5.59. The van der Waals surface area contributed by atoms with E-state index in [4.69, 9.17) is 0 Å². The lowest BCUT2D eigenvalue weighted by Gasteiger charge is -2.20. The van der Waals surface area contributed by atoms with Gasteiger partial charge in [-0.25, -0.2) is 4.39 Å². The van der Waals surface area contributed by atoms with Crippen LogP contribution in [0.15, 0.2) is 24.3 Å². The second-order valence-electron chi connectivity index (χ2n) is 5.17. The molecule has 1 amide bonds. The van der Waals surface area contributed by atoms with Gasteiger partial charge in [-0.2, -0.15) is 0 Å². The van der Waals surface area contributed by atoms with Crippen LogP contribution in [0.2, 0.25) is 0 Å². The SMILES string of the molecule is CNCC(C)C(=O)NC(C)CC(O)c1ccc(F)cc1.Cl. The molecular weight excluding hydrogens is 295 g/mol. The fourth-order valence-electron chi connectivity index (χ4n) is 2.00. The zero-order valence-corrected chi connectivity index (χ0v) is 13.4. The lowest BCUT2D eigenvalue weighted by molar-refractivity contribution is -0.125. The molecular formula is C15H24ClFN2O2. The number of aliphatic hydroxyl groups excluding tert-OH is 1. The van der Waals surface area contributed by atoms with Gasteiger partial charge < -0.3 is 15.7 Å². The zero-order valence-electron chi connectivity index (χ0n) is 12.6. The van der Waals surface area contributed by atoms with Crippen molar-refractivity contribution in [3.05, 3.63) is 35.6 Å². The van der Waals surface area contributed by atoms with Crippen molar-refractivity contribution in [2.45, 2.75) is 32.4 Å². The van der Waals surface area contributed by atoms with Gasteiger partial charge in [-0.1, -0.05) is 19.1 Å². The Bertz CT molecular complexity index is 428. The third-order valence-electron chi connectivity index (χ3n) is 3.18. The van der Waals surface area contributed by atoms with E-state index in [2.05, 4.69) is 10.6 Å². The first kappa shape index (κ1) is 19.8. The van der Waals surface area contributed by atoms with E-state index in [1.807, 2.05) is 13.8 Å². The summed E-state index contributed by atoms with van der Waals surface area (Å²) in [5.41, 5.74) is 0.649. The Morgan fingerprint density at radius 1 is 1.29 bits per heavy atom. The lowest BCUT2D eigenvalue weighted by Crippen LogP contribution is -2.40. The Labute approximate surface area is 131 Å². The summed E-state index contributed by atoms with van der Waals surface area (Å²) in [5, 5.41) is 15.9. The van der Waals surface area contributed by atoms with Crippen molar-refractivity contribution in [1.82, 2.24) is 10.6 Å². The predicted octanol–water partition coefficient (Wildman–Crippen LogP) is 2.03. The van der Waals surface area contributed by atoms with E-state index >= 15 is 0 Å². The quantitative estimate of drug-likeness (QED) is 0.721. The molecule has 0 aliphatic heterocycles. The minimum atomic E-state index is -0.717. The van der Waals surface area contributed by atoms with E-state index in [9.17, 15) is 14.3 Å². The Balaban J connectivity index is 0.00000400. The molecule has 3 N–H and O–H groups in total. The lowest BCUT2D eigenvalue weighted by atomic mass is 10.0. The van der Waals surface area contributed by atoms with E-state index in [0.717, 1.165) is 0 Å². The zero-order chi connectivity index (χ0) is 15.1. The normalized spacial score (nSPS) is 14.7. The maximum Gasteiger partial charge on any atom is 0.224 e. The minimum Gasteiger partial charge on any atom is -0.388 e. The van der Waals surface area contributed by atoms with Crippen molar-refractivity contribution >= 4 is 18.3 Å². The summed E-state index contributed by atoms with van der Waals surface area (Å²) in [5.74, 6) is -0.494. The summed E-state index contributed by atoms with van der Waals surface area (Å²) in [6.45, 7) is 4.30. The van der Waals surface area contributed by atoms with Crippen LogP contribution < -0.4 is 10.6 Å². The van der Waals surface area contributed by atoms with E-state index in [1.165, 1.54) is 12.1 Å². The molecule has 21 heavy (non-hydrogen) atoms. The van der Waals surface area contributed by atoms with Gasteiger partial charge in [0.25, 0.3) is 0 Å². The molecule has 0 heterocycles. The summed E-state index contributed by atoms with van der Waals surface area (Å²) < 4.78 is 12.8. The number of hydrogen-bond acceptors (Lipinski definition) is 3. The van der Waals surface area contributed by atoms with Crippen LogP contribution in [0.4, 0.5) is 4.39 Å². The van der Waals surface area contributed by atoms with Gasteiger partial charge in [0.05, 0.1) is 6.10 Å². The average molecular weight is 319 g/mol. The van der Waals surface area contributed by atoms with Crippen LogP contribution in [-0.4, -0.2) is 30.6 Å². The largest absolute Gasteiger partial charge is 0.388 e. The summed E-state index contributed by atoms with van der Waals surface area (Å²) in [6.07, 6.45) is -0.325. The van der Waals surface area contributed by atoms with Crippen molar-refractivity contribution in [2.24, 2.45) is 5.92 Å². The molecule has 1 rings (SSSR count). The van der Waals surface area contributed by atoms with E-state index in [-0.39, 0.29) is 36.1 Å². The second-order valence-corrected chi connectivity index (χ2v) is 5.17. The van der Waals surface area contributed by atoms with Crippen molar-refractivity contribution in [3.8, 4) is 0 Å². The van der Waals surface area contributed by atoms with Crippen molar-refractivity contribution in [2.75, 3.05) is 13.6 Å². The third-order valence-corrected chi connectivity index (χ3v) is 3.18. The number of carbonyl (C=O) groups is 1. The highest BCUT2D eigenvalue weighted by molar-refractivity contribution is 5.85. The fraction of sp³-hybridized carbons (Fsp3) is 0.533. The number of nitrogens with one attached hydrogen (secondary N) is 2. The Hall–Kier alpha value is -1.17. The first-order valence-electron chi connectivity index (χ1n) is 6.82. The molecule has 0 bridgehead atoms. The van der Waals surface area contributed by atoms with Crippen LogP contribution in [0.5, 0.6) is 0 Å². The monoisotopic (exact) mass is 318 g/mol.